The number of nitrogens with zero attached hydrogens (tertiary/aromatic N) is 3. The SMILES string of the molecule is COc1ccc(N(CC(=O)N/N=C\c2cc(Br)ccc2OC)S(=O)(=O)c2ccccc2[N+](=O)[O-])c(OC)c1. The molecule has 14 heteroatoms. The summed E-state index contributed by atoms with van der Waals surface area (Å²) in [6.07, 6.45) is 1.33. The van der Waals surface area contributed by atoms with Crippen molar-refractivity contribution in [2.75, 3.05) is 32.2 Å². The largest absolute Gasteiger partial charge is 0.497 e. The van der Waals surface area contributed by atoms with E-state index in [4.69, 9.17) is 14.2 Å². The number of sulfonamides is 1. The molecule has 1 amide bonds. The minimum Gasteiger partial charge on any atom is -0.497 e. The summed E-state index contributed by atoms with van der Waals surface area (Å²) >= 11 is 3.34. The summed E-state index contributed by atoms with van der Waals surface area (Å²) in [5.74, 6) is 0.0948. The molecule has 0 saturated carbocycles. The molecular formula is C24H23BrN4O8S. The van der Waals surface area contributed by atoms with Crippen LogP contribution in [-0.2, 0) is 14.8 Å². The number of rotatable bonds is 11. The van der Waals surface area contributed by atoms with Crippen LogP contribution in [0, 0.1) is 10.1 Å². The number of ether oxygens (including phenoxy) is 3. The van der Waals surface area contributed by atoms with Crippen LogP contribution in [0.3, 0.4) is 0 Å². The monoisotopic (exact) mass is 606 g/mol. The van der Waals surface area contributed by atoms with Gasteiger partial charge in [-0.3, -0.25) is 19.2 Å². The average molecular weight is 607 g/mol. The number of hydrogen-bond donors (Lipinski definition) is 1. The number of para-hydroxylation sites is 1. The molecule has 0 saturated heterocycles. The van der Waals surface area contributed by atoms with Crippen molar-refractivity contribution in [1.82, 2.24) is 5.43 Å². The predicted molar refractivity (Wildman–Crippen MR) is 144 cm³/mol. The van der Waals surface area contributed by atoms with Crippen LogP contribution in [0.5, 0.6) is 17.2 Å². The maximum absolute atomic E-state index is 13.7. The Kier molecular flexibility index (Phi) is 9.25. The van der Waals surface area contributed by atoms with Crippen molar-refractivity contribution in [2.45, 2.75) is 4.90 Å². The van der Waals surface area contributed by atoms with Gasteiger partial charge >= 0.3 is 0 Å². The van der Waals surface area contributed by atoms with Crippen molar-refractivity contribution >= 4 is 49.4 Å². The van der Waals surface area contributed by atoms with Gasteiger partial charge in [0, 0.05) is 22.2 Å². The van der Waals surface area contributed by atoms with Crippen LogP contribution in [0.4, 0.5) is 11.4 Å². The topological polar surface area (TPSA) is 150 Å². The number of benzene rings is 3. The van der Waals surface area contributed by atoms with E-state index >= 15 is 0 Å². The van der Waals surface area contributed by atoms with Gasteiger partial charge in [0.05, 0.1) is 38.2 Å². The molecule has 1 N–H and O–H groups in total. The van der Waals surface area contributed by atoms with Gasteiger partial charge in [-0.15, -0.1) is 0 Å². The molecule has 0 spiro atoms. The van der Waals surface area contributed by atoms with E-state index in [-0.39, 0.29) is 11.4 Å². The van der Waals surface area contributed by atoms with E-state index in [1.54, 1.807) is 18.2 Å². The molecule has 0 heterocycles. The average Bonchev–Trinajstić information content (AvgIpc) is 2.91. The highest BCUT2D eigenvalue weighted by Crippen LogP contribution is 2.37. The van der Waals surface area contributed by atoms with E-state index in [9.17, 15) is 23.3 Å². The molecule has 38 heavy (non-hydrogen) atoms. The fourth-order valence-electron chi connectivity index (χ4n) is 3.38. The second kappa shape index (κ2) is 12.4. The van der Waals surface area contributed by atoms with Gasteiger partial charge in [0.25, 0.3) is 21.6 Å². The lowest BCUT2D eigenvalue weighted by Crippen LogP contribution is -2.40. The third kappa shape index (κ3) is 6.39. The number of nitro groups is 1. The molecule has 0 atom stereocenters. The van der Waals surface area contributed by atoms with E-state index in [0.717, 1.165) is 16.6 Å². The number of carbonyl (C=O) groups excluding carboxylic acids is 1. The number of hydrogen-bond acceptors (Lipinski definition) is 9. The maximum Gasteiger partial charge on any atom is 0.289 e. The molecule has 3 rings (SSSR count). The number of nitrogens with one attached hydrogen (secondary N) is 1. The maximum atomic E-state index is 13.7. The fourth-order valence-corrected chi connectivity index (χ4v) is 5.35. The Balaban J connectivity index is 2.01. The lowest BCUT2D eigenvalue weighted by Gasteiger charge is -2.25. The van der Waals surface area contributed by atoms with E-state index in [2.05, 4.69) is 26.5 Å². The van der Waals surface area contributed by atoms with Crippen molar-refractivity contribution in [2.24, 2.45) is 5.10 Å². The zero-order valence-corrected chi connectivity index (χ0v) is 22.9. The summed E-state index contributed by atoms with van der Waals surface area (Å²) in [4.78, 5) is 23.1. The summed E-state index contributed by atoms with van der Waals surface area (Å²) in [7, 11) is -0.432. The molecule has 0 aliphatic heterocycles. The molecule has 0 bridgehead atoms. The molecule has 0 unspecified atom stereocenters. The first kappa shape index (κ1) is 28.4. The molecule has 0 radical (unpaired) electrons. The fraction of sp³-hybridized carbons (Fsp3) is 0.167. The lowest BCUT2D eigenvalue weighted by molar-refractivity contribution is -0.387. The standard InChI is InChI=1S/C24H23BrN4O8S/c1-35-18-9-10-19(22(13-18)37-3)28(38(33,34)23-7-5-4-6-20(23)29(31)32)15-24(30)27-26-14-16-12-17(25)8-11-21(16)36-2/h4-14H,15H2,1-3H3,(H,27,30)/b26-14-. The number of nitro benzene ring substituents is 1. The van der Waals surface area contributed by atoms with Gasteiger partial charge in [0.1, 0.15) is 23.8 Å². The summed E-state index contributed by atoms with van der Waals surface area (Å²) in [5.41, 5.74) is 2.13. The molecule has 3 aromatic rings. The molecule has 3 aromatic carbocycles. The Hall–Kier alpha value is -4.17. The number of amides is 1. The van der Waals surface area contributed by atoms with Crippen molar-refractivity contribution < 1.29 is 32.3 Å². The lowest BCUT2D eigenvalue weighted by atomic mass is 10.2. The highest BCUT2D eigenvalue weighted by molar-refractivity contribution is 9.10. The van der Waals surface area contributed by atoms with E-state index < -0.39 is 38.0 Å². The number of halogens is 1. The molecular weight excluding hydrogens is 584 g/mol. The number of carbonyl (C=O) groups is 1. The van der Waals surface area contributed by atoms with Gasteiger partial charge in [-0.25, -0.2) is 13.8 Å². The van der Waals surface area contributed by atoms with Crippen LogP contribution in [0.2, 0.25) is 0 Å². The predicted octanol–water partition coefficient (Wildman–Crippen LogP) is 3.73. The van der Waals surface area contributed by atoms with Gasteiger partial charge in [-0.2, -0.15) is 5.10 Å². The summed E-state index contributed by atoms with van der Waals surface area (Å²) in [6.45, 7) is -0.774. The Bertz CT molecular complexity index is 1480. The van der Waals surface area contributed by atoms with Crippen LogP contribution in [0.25, 0.3) is 0 Å². The third-order valence-corrected chi connectivity index (χ3v) is 7.46. The van der Waals surface area contributed by atoms with Crippen molar-refractivity contribution in [3.05, 3.63) is 80.8 Å². The van der Waals surface area contributed by atoms with Gasteiger partial charge in [0.15, 0.2) is 4.90 Å². The molecule has 0 fully saturated rings. The first-order valence-corrected chi connectivity index (χ1v) is 13.0. The van der Waals surface area contributed by atoms with Crippen LogP contribution >= 0.6 is 15.9 Å². The highest BCUT2D eigenvalue weighted by atomic mass is 79.9. The smallest absolute Gasteiger partial charge is 0.289 e. The van der Waals surface area contributed by atoms with Crippen LogP contribution in [0.1, 0.15) is 5.56 Å². The van der Waals surface area contributed by atoms with Gasteiger partial charge in [-0.1, -0.05) is 28.1 Å². The summed E-state index contributed by atoms with van der Waals surface area (Å²) in [6, 6.07) is 14.3. The van der Waals surface area contributed by atoms with Gasteiger partial charge in [0.2, 0.25) is 0 Å². The molecule has 0 aliphatic rings. The van der Waals surface area contributed by atoms with E-state index in [1.165, 1.54) is 57.9 Å². The zero-order valence-electron chi connectivity index (χ0n) is 20.5. The first-order valence-electron chi connectivity index (χ1n) is 10.8. The summed E-state index contributed by atoms with van der Waals surface area (Å²) < 4.78 is 44.7. The highest BCUT2D eigenvalue weighted by Gasteiger charge is 2.34. The first-order chi connectivity index (χ1) is 18.1. The minimum atomic E-state index is -4.64. The third-order valence-electron chi connectivity index (χ3n) is 5.16. The Morgan fingerprint density at radius 2 is 1.76 bits per heavy atom. The second-order valence-electron chi connectivity index (χ2n) is 7.45. The molecule has 0 aliphatic carbocycles. The Labute approximate surface area is 227 Å². The molecule has 0 aromatic heterocycles. The second-order valence-corrected chi connectivity index (χ2v) is 10.2. The zero-order chi connectivity index (χ0) is 27.9. The number of methoxy groups -OCH3 is 3. The summed E-state index contributed by atoms with van der Waals surface area (Å²) in [5, 5.41) is 15.5. The van der Waals surface area contributed by atoms with Crippen molar-refractivity contribution in [1.29, 1.82) is 0 Å². The van der Waals surface area contributed by atoms with Crippen LogP contribution in [-0.4, -0.2) is 53.3 Å². The van der Waals surface area contributed by atoms with Crippen molar-refractivity contribution in [3.63, 3.8) is 0 Å². The minimum absolute atomic E-state index is 0.0424. The number of anilines is 1. The number of hydrazone groups is 1. The van der Waals surface area contributed by atoms with Crippen molar-refractivity contribution in [3.8, 4) is 17.2 Å². The normalized spacial score (nSPS) is 11.2. The van der Waals surface area contributed by atoms with Crippen LogP contribution in [0.15, 0.2) is 75.1 Å². The van der Waals surface area contributed by atoms with Gasteiger partial charge < -0.3 is 14.2 Å². The van der Waals surface area contributed by atoms with Crippen LogP contribution < -0.4 is 23.9 Å². The Morgan fingerprint density at radius 3 is 2.42 bits per heavy atom. The Morgan fingerprint density at radius 1 is 1.05 bits per heavy atom. The quantitative estimate of drug-likeness (QED) is 0.197. The molecule has 200 valence electrons. The van der Waals surface area contributed by atoms with E-state index in [1.807, 2.05) is 0 Å². The van der Waals surface area contributed by atoms with Gasteiger partial charge in [-0.05, 0) is 36.4 Å². The van der Waals surface area contributed by atoms with E-state index in [0.29, 0.717) is 21.4 Å². The molecule has 12 nitrogen and oxygen atoms in total.